The molecule has 0 bridgehead atoms. The molecule has 0 saturated heterocycles. The Morgan fingerprint density at radius 1 is 1.37 bits per heavy atom. The Labute approximate surface area is 110 Å². The van der Waals surface area contributed by atoms with Crippen molar-refractivity contribution >= 4 is 5.97 Å². The van der Waals surface area contributed by atoms with Gasteiger partial charge in [-0.05, 0) is 45.6 Å². The quantitative estimate of drug-likeness (QED) is 0.668. The van der Waals surface area contributed by atoms with Gasteiger partial charge in [0.2, 0.25) is 0 Å². The normalized spacial score (nSPS) is 19.5. The number of aliphatic carboxylic acids is 1. The van der Waals surface area contributed by atoms with Crippen LogP contribution in [0.5, 0.6) is 0 Å². The number of carboxylic acids is 1. The van der Waals surface area contributed by atoms with Crippen LogP contribution in [0.1, 0.15) is 39.0 Å². The van der Waals surface area contributed by atoms with Crippen LogP contribution in [0.2, 0.25) is 0 Å². The second-order valence-electron chi connectivity index (χ2n) is 5.50. The fourth-order valence-corrected chi connectivity index (χ4v) is 1.97. The van der Waals surface area contributed by atoms with E-state index in [0.29, 0.717) is 19.4 Å². The van der Waals surface area contributed by atoms with Gasteiger partial charge < -0.3 is 10.8 Å². The first-order valence-electron chi connectivity index (χ1n) is 6.45. The minimum absolute atomic E-state index is 0.0466. The smallest absolute Gasteiger partial charge is 0.401 e. The first-order valence-corrected chi connectivity index (χ1v) is 6.45. The van der Waals surface area contributed by atoms with E-state index in [4.69, 9.17) is 10.8 Å². The van der Waals surface area contributed by atoms with Crippen LogP contribution >= 0.6 is 0 Å². The van der Waals surface area contributed by atoms with E-state index in [-0.39, 0.29) is 12.5 Å². The predicted molar refractivity (Wildman–Crippen MR) is 64.7 cm³/mol. The molecule has 1 atom stereocenters. The number of hydrogen-bond donors (Lipinski definition) is 2. The van der Waals surface area contributed by atoms with E-state index in [1.54, 1.807) is 0 Å². The third-order valence-corrected chi connectivity index (χ3v) is 3.33. The lowest BCUT2D eigenvalue weighted by Gasteiger charge is -2.24. The Hall–Kier alpha value is -0.820. The van der Waals surface area contributed by atoms with Crippen LogP contribution < -0.4 is 5.73 Å². The van der Waals surface area contributed by atoms with Crippen molar-refractivity contribution in [2.45, 2.75) is 56.8 Å². The summed E-state index contributed by atoms with van der Waals surface area (Å²) < 4.78 is 37.1. The zero-order chi connectivity index (χ0) is 14.7. The highest BCUT2D eigenvalue weighted by Gasteiger charge is 2.37. The summed E-state index contributed by atoms with van der Waals surface area (Å²) in [7, 11) is 0. The average molecular weight is 282 g/mol. The predicted octanol–water partition coefficient (Wildman–Crippen LogP) is 1.99. The summed E-state index contributed by atoms with van der Waals surface area (Å²) in [6.45, 7) is 0.889. The van der Waals surface area contributed by atoms with Gasteiger partial charge in [-0.2, -0.15) is 13.2 Å². The molecule has 0 amide bonds. The van der Waals surface area contributed by atoms with Crippen LogP contribution in [0.4, 0.5) is 13.2 Å². The van der Waals surface area contributed by atoms with E-state index in [0.717, 1.165) is 12.8 Å². The van der Waals surface area contributed by atoms with Gasteiger partial charge in [-0.1, -0.05) is 0 Å². The van der Waals surface area contributed by atoms with Crippen molar-refractivity contribution in [3.63, 3.8) is 0 Å². The molecule has 3 N–H and O–H groups in total. The van der Waals surface area contributed by atoms with Crippen LogP contribution in [0.15, 0.2) is 0 Å². The van der Waals surface area contributed by atoms with Gasteiger partial charge in [-0.15, -0.1) is 0 Å². The molecule has 0 aromatic carbocycles. The molecule has 4 nitrogen and oxygen atoms in total. The van der Waals surface area contributed by atoms with Crippen molar-refractivity contribution in [2.75, 3.05) is 13.1 Å². The first-order chi connectivity index (χ1) is 8.62. The molecule has 1 aliphatic rings. The molecule has 0 aromatic heterocycles. The SMILES string of the molecule is CC(N)(CCCCN(CC(F)(F)F)C1CC1)C(=O)O. The fraction of sp³-hybridized carbons (Fsp3) is 0.917. The van der Waals surface area contributed by atoms with E-state index in [1.807, 2.05) is 0 Å². The van der Waals surface area contributed by atoms with Gasteiger partial charge in [0.1, 0.15) is 5.54 Å². The largest absolute Gasteiger partial charge is 0.480 e. The summed E-state index contributed by atoms with van der Waals surface area (Å²) in [6.07, 6.45) is -1.22. The topological polar surface area (TPSA) is 66.6 Å². The highest BCUT2D eigenvalue weighted by Crippen LogP contribution is 2.30. The van der Waals surface area contributed by atoms with Crippen molar-refractivity contribution in [3.8, 4) is 0 Å². The average Bonchev–Trinajstić information content (AvgIpc) is 3.04. The Kier molecular flexibility index (Phi) is 5.20. The van der Waals surface area contributed by atoms with Crippen LogP contribution in [-0.4, -0.2) is 46.8 Å². The maximum Gasteiger partial charge on any atom is 0.401 e. The lowest BCUT2D eigenvalue weighted by atomic mass is 9.96. The Bertz CT molecular complexity index is 315. The number of unbranched alkanes of at least 4 members (excludes halogenated alkanes) is 1. The van der Waals surface area contributed by atoms with Crippen LogP contribution in [0, 0.1) is 0 Å². The molecule has 112 valence electrons. The lowest BCUT2D eigenvalue weighted by Crippen LogP contribution is -2.44. The van der Waals surface area contributed by atoms with Gasteiger partial charge in [-0.25, -0.2) is 0 Å². The molecule has 0 radical (unpaired) electrons. The maximum absolute atomic E-state index is 12.4. The van der Waals surface area contributed by atoms with Gasteiger partial charge in [-0.3, -0.25) is 9.69 Å². The van der Waals surface area contributed by atoms with E-state index in [9.17, 15) is 18.0 Å². The molecule has 1 rings (SSSR count). The zero-order valence-electron chi connectivity index (χ0n) is 11.0. The number of nitrogens with two attached hydrogens (primary N) is 1. The first kappa shape index (κ1) is 16.2. The summed E-state index contributed by atoms with van der Waals surface area (Å²) in [5.41, 5.74) is 4.26. The van der Waals surface area contributed by atoms with Gasteiger partial charge in [0.05, 0.1) is 6.54 Å². The standard InChI is InChI=1S/C12H21F3N2O2/c1-11(16,10(18)19)6-2-3-7-17(9-4-5-9)8-12(13,14)15/h9H,2-8,16H2,1H3,(H,18,19). The number of carboxylic acid groups (broad SMARTS) is 1. The minimum Gasteiger partial charge on any atom is -0.480 e. The number of nitrogens with zero attached hydrogens (tertiary/aromatic N) is 1. The monoisotopic (exact) mass is 282 g/mol. The lowest BCUT2D eigenvalue weighted by molar-refractivity contribution is -0.147. The third-order valence-electron chi connectivity index (χ3n) is 3.33. The fourth-order valence-electron chi connectivity index (χ4n) is 1.97. The summed E-state index contributed by atoms with van der Waals surface area (Å²) in [5.74, 6) is -1.08. The molecule has 1 unspecified atom stereocenters. The number of rotatable bonds is 8. The molecule has 1 aliphatic carbocycles. The van der Waals surface area contributed by atoms with Gasteiger partial charge >= 0.3 is 12.1 Å². The van der Waals surface area contributed by atoms with Crippen molar-refractivity contribution < 1.29 is 23.1 Å². The van der Waals surface area contributed by atoms with Crippen LogP contribution in [0.25, 0.3) is 0 Å². The highest BCUT2D eigenvalue weighted by molar-refractivity contribution is 5.77. The summed E-state index contributed by atoms with van der Waals surface area (Å²) in [6, 6.07) is 0.0466. The molecule has 1 saturated carbocycles. The van der Waals surface area contributed by atoms with Gasteiger partial charge in [0.15, 0.2) is 0 Å². The number of halogens is 3. The second-order valence-corrected chi connectivity index (χ2v) is 5.50. The molecule has 7 heteroatoms. The number of carbonyl (C=O) groups is 1. The van der Waals surface area contributed by atoms with Crippen molar-refractivity contribution in [3.05, 3.63) is 0 Å². The Morgan fingerprint density at radius 2 is 1.95 bits per heavy atom. The molecule has 0 aliphatic heterocycles. The molecular formula is C12H21F3N2O2. The number of alkyl halides is 3. The molecule has 0 heterocycles. The van der Waals surface area contributed by atoms with E-state index in [2.05, 4.69) is 0 Å². The number of hydrogen-bond acceptors (Lipinski definition) is 3. The Morgan fingerprint density at radius 3 is 2.37 bits per heavy atom. The van der Waals surface area contributed by atoms with Crippen molar-refractivity contribution in [1.82, 2.24) is 4.90 Å². The van der Waals surface area contributed by atoms with Crippen LogP contribution in [0.3, 0.4) is 0 Å². The molecule has 0 aromatic rings. The maximum atomic E-state index is 12.4. The van der Waals surface area contributed by atoms with Gasteiger partial charge in [0.25, 0.3) is 0 Å². The van der Waals surface area contributed by atoms with Crippen LogP contribution in [-0.2, 0) is 4.79 Å². The summed E-state index contributed by atoms with van der Waals surface area (Å²) in [5, 5.41) is 8.82. The molecule has 1 fully saturated rings. The molecule has 0 spiro atoms. The second kappa shape index (κ2) is 6.09. The summed E-state index contributed by atoms with van der Waals surface area (Å²) in [4.78, 5) is 12.2. The minimum atomic E-state index is -4.17. The van der Waals surface area contributed by atoms with Crippen molar-refractivity contribution in [1.29, 1.82) is 0 Å². The highest BCUT2D eigenvalue weighted by atomic mass is 19.4. The molecular weight excluding hydrogens is 261 g/mol. The zero-order valence-corrected chi connectivity index (χ0v) is 11.0. The van der Waals surface area contributed by atoms with Crippen molar-refractivity contribution in [2.24, 2.45) is 5.73 Å². The van der Waals surface area contributed by atoms with E-state index < -0.39 is 24.2 Å². The Balaban J connectivity index is 2.28. The third kappa shape index (κ3) is 6.24. The molecule has 19 heavy (non-hydrogen) atoms. The van der Waals surface area contributed by atoms with E-state index in [1.165, 1.54) is 11.8 Å². The van der Waals surface area contributed by atoms with Gasteiger partial charge in [0, 0.05) is 6.04 Å². The van der Waals surface area contributed by atoms with E-state index >= 15 is 0 Å². The summed E-state index contributed by atoms with van der Waals surface area (Å²) >= 11 is 0.